The zero-order valence-electron chi connectivity index (χ0n) is 25.7. The van der Waals surface area contributed by atoms with Crippen molar-refractivity contribution < 1.29 is 31.8 Å². The van der Waals surface area contributed by atoms with E-state index < -0.39 is 28.5 Å². The highest BCUT2D eigenvalue weighted by Gasteiger charge is 2.22. The summed E-state index contributed by atoms with van der Waals surface area (Å²) in [5.74, 6) is -0.212. The van der Waals surface area contributed by atoms with Gasteiger partial charge in [0.05, 0.1) is 63.6 Å². The minimum absolute atomic E-state index is 0.0406. The molecule has 0 aromatic heterocycles. The first-order valence-corrected chi connectivity index (χ1v) is 16.5. The number of hydrogen-bond acceptors (Lipinski definition) is 8. The fraction of sp³-hybridized carbons (Fsp3) is 0.114. The van der Waals surface area contributed by atoms with E-state index in [0.717, 1.165) is 21.0 Å². The molecule has 0 saturated heterocycles. The van der Waals surface area contributed by atoms with Crippen molar-refractivity contribution in [2.45, 2.75) is 20.4 Å². The number of carbonyl (C=O) groups is 1. The number of benzene rings is 5. The fourth-order valence-electron chi connectivity index (χ4n) is 4.83. The van der Waals surface area contributed by atoms with Crippen molar-refractivity contribution in [2.75, 3.05) is 21.0 Å². The average Bonchev–Trinajstić information content (AvgIpc) is 3.07. The molecule has 2 atom stereocenters. The molecular weight excluding hydrogens is 639 g/mol. The van der Waals surface area contributed by atoms with Crippen molar-refractivity contribution in [3.63, 3.8) is 0 Å². The maximum absolute atomic E-state index is 12.9. The van der Waals surface area contributed by atoms with Crippen LogP contribution in [0.15, 0.2) is 115 Å². The van der Waals surface area contributed by atoms with Gasteiger partial charge in [-0.1, -0.05) is 65.7 Å². The van der Waals surface area contributed by atoms with Gasteiger partial charge in [0.2, 0.25) is 0 Å². The Hall–Kier alpha value is -5.01. The van der Waals surface area contributed by atoms with Crippen LogP contribution in [0.4, 0.5) is 28.4 Å². The van der Waals surface area contributed by atoms with Crippen LogP contribution >= 0.6 is 0 Å². The Kier molecular flexibility index (Phi) is 10.7. The lowest BCUT2D eigenvalue weighted by molar-refractivity contribution is 0.0601. The number of rotatable bonds is 12. The van der Waals surface area contributed by atoms with Crippen molar-refractivity contribution in [2.24, 2.45) is 0 Å². The lowest BCUT2D eigenvalue weighted by Gasteiger charge is -2.29. The van der Waals surface area contributed by atoms with Gasteiger partial charge in [-0.2, -0.15) is 0 Å². The van der Waals surface area contributed by atoms with E-state index in [-0.39, 0.29) is 17.0 Å². The van der Waals surface area contributed by atoms with Gasteiger partial charge in [-0.05, 0) is 74.0 Å². The molecule has 0 aliphatic rings. The van der Waals surface area contributed by atoms with Crippen LogP contribution in [0.1, 0.15) is 27.0 Å². The summed E-state index contributed by atoms with van der Waals surface area (Å²) in [7, 11) is 1.20. The molecule has 242 valence electrons. The minimum atomic E-state index is -2.76. The zero-order chi connectivity index (χ0) is 33.5. The van der Waals surface area contributed by atoms with Gasteiger partial charge in [0.15, 0.2) is 0 Å². The Morgan fingerprint density at radius 2 is 1.21 bits per heavy atom. The third-order valence-electron chi connectivity index (χ3n) is 7.18. The molecule has 10 nitrogen and oxygen atoms in total. The highest BCUT2D eigenvalue weighted by Crippen LogP contribution is 2.39. The number of nitrogens with one attached hydrogen (secondary N) is 1. The summed E-state index contributed by atoms with van der Waals surface area (Å²) in [6, 6.07) is 32.8. The third kappa shape index (κ3) is 8.05. The van der Waals surface area contributed by atoms with Crippen LogP contribution in [0.3, 0.4) is 0 Å². The van der Waals surface area contributed by atoms with Crippen molar-refractivity contribution in [3.05, 3.63) is 138 Å². The number of nitrogens with zero attached hydrogens (tertiary/aromatic N) is 2. The van der Waals surface area contributed by atoms with E-state index in [1.807, 2.05) is 56.3 Å². The normalized spacial score (nSPS) is 12.1. The standard InChI is InChI=1S/C35H33N3O7S2/c1-24-9-13-27(14-10-24)37(46(40)41)33-19-17-29(21-31(33)35(39)44-3)45-30-18-20-34(32(22-30)36-23-26-7-5-4-6-8-26)38(47(42)43)28-15-11-25(2)12-16-28/h4-22,36H,23H2,1-3H3,(H,40,41)(H,42,43)/p-2. The van der Waals surface area contributed by atoms with E-state index in [1.54, 1.807) is 54.6 Å². The summed E-state index contributed by atoms with van der Waals surface area (Å²) >= 11 is -5.42. The molecule has 0 aliphatic carbocycles. The molecule has 5 aromatic carbocycles. The number of carbonyl (C=O) groups excluding carboxylic acids is 1. The summed E-state index contributed by atoms with van der Waals surface area (Å²) in [4.78, 5) is 12.9. The van der Waals surface area contributed by atoms with Crippen molar-refractivity contribution >= 4 is 56.9 Å². The lowest BCUT2D eigenvalue weighted by Crippen LogP contribution is -2.22. The summed E-state index contributed by atoms with van der Waals surface area (Å²) in [5.41, 5.74) is 4.55. The molecule has 0 heterocycles. The van der Waals surface area contributed by atoms with Gasteiger partial charge in [0.25, 0.3) is 0 Å². The van der Waals surface area contributed by atoms with Gasteiger partial charge in [-0.15, -0.1) is 0 Å². The van der Waals surface area contributed by atoms with Crippen LogP contribution in [-0.4, -0.2) is 30.6 Å². The average molecular weight is 670 g/mol. The first-order chi connectivity index (χ1) is 22.6. The number of ether oxygens (including phenoxy) is 2. The van der Waals surface area contributed by atoms with Crippen LogP contribution in [0.25, 0.3) is 0 Å². The van der Waals surface area contributed by atoms with Crippen LogP contribution in [0.5, 0.6) is 11.5 Å². The zero-order valence-corrected chi connectivity index (χ0v) is 27.4. The molecule has 5 aromatic rings. The van der Waals surface area contributed by atoms with Gasteiger partial charge < -0.3 is 23.9 Å². The van der Waals surface area contributed by atoms with E-state index in [1.165, 1.54) is 29.6 Å². The summed E-state index contributed by atoms with van der Waals surface area (Å²) in [5, 5.41) is 3.33. The van der Waals surface area contributed by atoms with E-state index in [2.05, 4.69) is 5.32 Å². The Balaban J connectivity index is 1.53. The van der Waals surface area contributed by atoms with Crippen LogP contribution in [0, 0.1) is 13.8 Å². The van der Waals surface area contributed by atoms with Gasteiger partial charge >= 0.3 is 5.97 Å². The summed E-state index contributed by atoms with van der Waals surface area (Å²) in [6.07, 6.45) is 0. The van der Waals surface area contributed by atoms with E-state index in [0.29, 0.717) is 35.0 Å². The van der Waals surface area contributed by atoms with Crippen LogP contribution < -0.4 is 18.7 Å². The van der Waals surface area contributed by atoms with E-state index in [9.17, 15) is 22.3 Å². The lowest BCUT2D eigenvalue weighted by atomic mass is 10.1. The monoisotopic (exact) mass is 669 g/mol. The third-order valence-corrected chi connectivity index (χ3v) is 8.59. The predicted molar refractivity (Wildman–Crippen MR) is 183 cm³/mol. The van der Waals surface area contributed by atoms with Gasteiger partial charge in [0, 0.05) is 12.6 Å². The topological polar surface area (TPSA) is 134 Å². The Labute approximate surface area is 278 Å². The van der Waals surface area contributed by atoms with E-state index in [4.69, 9.17) is 9.47 Å². The molecule has 1 N–H and O–H groups in total. The van der Waals surface area contributed by atoms with Crippen molar-refractivity contribution in [1.82, 2.24) is 0 Å². The predicted octanol–water partition coefficient (Wildman–Crippen LogP) is 7.36. The number of anilines is 5. The maximum atomic E-state index is 12.9. The van der Waals surface area contributed by atoms with Gasteiger partial charge in [0.1, 0.15) is 11.5 Å². The molecule has 12 heteroatoms. The molecule has 0 fully saturated rings. The van der Waals surface area contributed by atoms with Crippen molar-refractivity contribution in [1.29, 1.82) is 0 Å². The Bertz CT molecular complexity index is 1900. The SMILES string of the molecule is COC(=O)c1cc(Oc2ccc(N(c3ccc(C)cc3)S(=O)[O-])c(NCc3ccccc3)c2)ccc1N(c1ccc(C)cc1)S(=O)[O-]. The highest BCUT2D eigenvalue weighted by molar-refractivity contribution is 7.81. The highest BCUT2D eigenvalue weighted by atomic mass is 32.2. The molecule has 0 aliphatic heterocycles. The van der Waals surface area contributed by atoms with E-state index >= 15 is 0 Å². The molecule has 0 saturated carbocycles. The maximum Gasteiger partial charge on any atom is 0.340 e. The fourth-order valence-corrected chi connectivity index (χ4v) is 6.05. The number of aryl methyl sites for hydroxylation is 2. The smallest absolute Gasteiger partial charge is 0.340 e. The molecule has 2 unspecified atom stereocenters. The van der Waals surface area contributed by atoms with Gasteiger partial charge in [-0.25, -0.2) is 4.79 Å². The summed E-state index contributed by atoms with van der Waals surface area (Å²) in [6.45, 7) is 4.19. The second-order valence-corrected chi connectivity index (χ2v) is 12.1. The molecule has 47 heavy (non-hydrogen) atoms. The number of esters is 1. The Morgan fingerprint density at radius 3 is 1.74 bits per heavy atom. The first kappa shape index (κ1) is 33.4. The quantitative estimate of drug-likeness (QED) is 0.108. The molecule has 0 amide bonds. The van der Waals surface area contributed by atoms with Crippen LogP contribution in [-0.2, 0) is 33.8 Å². The van der Waals surface area contributed by atoms with Gasteiger partial charge in [-0.3, -0.25) is 17.0 Å². The Morgan fingerprint density at radius 1 is 0.702 bits per heavy atom. The molecule has 0 bridgehead atoms. The number of hydrogen-bond donors (Lipinski definition) is 1. The second kappa shape index (κ2) is 15.1. The number of methoxy groups -OCH3 is 1. The molecule has 0 radical (unpaired) electrons. The second-order valence-electron chi connectivity index (χ2n) is 10.5. The molecular formula is C35H31N3O7S2-2. The molecule has 0 spiro atoms. The van der Waals surface area contributed by atoms with Crippen LogP contribution in [0.2, 0.25) is 0 Å². The molecule has 5 rings (SSSR count). The van der Waals surface area contributed by atoms with Crippen molar-refractivity contribution in [3.8, 4) is 11.5 Å². The largest absolute Gasteiger partial charge is 0.755 e. The minimum Gasteiger partial charge on any atom is -0.755 e. The summed E-state index contributed by atoms with van der Waals surface area (Å²) < 4.78 is 63.1. The first-order valence-electron chi connectivity index (χ1n) is 14.4.